The van der Waals surface area contributed by atoms with Gasteiger partial charge in [-0.2, -0.15) is 0 Å². The van der Waals surface area contributed by atoms with Gasteiger partial charge in [-0.3, -0.25) is 0 Å². The molecule has 0 aliphatic rings. The highest BCUT2D eigenvalue weighted by atomic mass is 19.1. The average molecular weight is 176 g/mol. The Kier molecular flexibility index (Phi) is 1.72. The number of halogens is 1. The number of benzene rings is 1. The van der Waals surface area contributed by atoms with Crippen LogP contribution in [0.2, 0.25) is 0 Å². The number of hydrogen-bond acceptors (Lipinski definition) is 2. The van der Waals surface area contributed by atoms with Gasteiger partial charge in [-0.1, -0.05) is 0 Å². The van der Waals surface area contributed by atoms with Crippen molar-refractivity contribution in [3.8, 4) is 0 Å². The fraction of sp³-hybridized carbons (Fsp3) is 0.200. The number of aryl methyl sites for hydroxylation is 2. The van der Waals surface area contributed by atoms with Crippen LogP contribution in [0.4, 0.5) is 4.39 Å². The molecular weight excluding hydrogens is 167 g/mol. The van der Waals surface area contributed by atoms with Crippen molar-refractivity contribution in [1.82, 2.24) is 9.97 Å². The van der Waals surface area contributed by atoms with Crippen molar-refractivity contribution in [2.45, 2.75) is 13.8 Å². The second-order valence-corrected chi connectivity index (χ2v) is 3.03. The normalized spacial score (nSPS) is 10.7. The van der Waals surface area contributed by atoms with Gasteiger partial charge in [-0.15, -0.1) is 0 Å². The molecule has 0 fully saturated rings. The molecule has 0 aliphatic heterocycles. The van der Waals surface area contributed by atoms with Gasteiger partial charge in [0.15, 0.2) is 0 Å². The molecule has 0 N–H and O–H groups in total. The Morgan fingerprint density at radius 3 is 2.31 bits per heavy atom. The first-order valence-corrected chi connectivity index (χ1v) is 4.07. The molecule has 0 amide bonds. The van der Waals surface area contributed by atoms with Gasteiger partial charge in [-0.25, -0.2) is 14.4 Å². The lowest BCUT2D eigenvalue weighted by Gasteiger charge is -2.01. The summed E-state index contributed by atoms with van der Waals surface area (Å²) in [7, 11) is 0. The number of nitrogens with zero attached hydrogens (tertiary/aromatic N) is 2. The predicted molar refractivity (Wildman–Crippen MR) is 49.0 cm³/mol. The first kappa shape index (κ1) is 8.10. The van der Waals surface area contributed by atoms with Crippen molar-refractivity contribution in [2.24, 2.45) is 0 Å². The molecule has 2 rings (SSSR count). The molecule has 0 aliphatic carbocycles. The standard InChI is InChI=1S/C10H9FN2/c1-6-7(2)13-10-5-8(11)3-4-9(10)12-6/h3-5H,1-2H3. The van der Waals surface area contributed by atoms with Crippen LogP contribution in [-0.4, -0.2) is 9.97 Å². The van der Waals surface area contributed by atoms with Crippen LogP contribution < -0.4 is 0 Å². The van der Waals surface area contributed by atoms with Crippen LogP contribution in [0.3, 0.4) is 0 Å². The molecule has 1 aromatic heterocycles. The van der Waals surface area contributed by atoms with E-state index in [2.05, 4.69) is 9.97 Å². The Balaban J connectivity index is 2.81. The average Bonchev–Trinajstić information content (AvgIpc) is 2.08. The lowest BCUT2D eigenvalue weighted by molar-refractivity contribution is 0.629. The summed E-state index contributed by atoms with van der Waals surface area (Å²) in [4.78, 5) is 8.52. The van der Waals surface area contributed by atoms with Crippen molar-refractivity contribution in [3.05, 3.63) is 35.4 Å². The molecule has 2 nitrogen and oxygen atoms in total. The quantitative estimate of drug-likeness (QED) is 0.616. The molecule has 13 heavy (non-hydrogen) atoms. The number of aromatic nitrogens is 2. The van der Waals surface area contributed by atoms with E-state index < -0.39 is 0 Å². The summed E-state index contributed by atoms with van der Waals surface area (Å²) in [6.07, 6.45) is 0. The van der Waals surface area contributed by atoms with Crippen molar-refractivity contribution in [1.29, 1.82) is 0 Å². The maximum Gasteiger partial charge on any atom is 0.125 e. The summed E-state index contributed by atoms with van der Waals surface area (Å²) in [5.41, 5.74) is 3.09. The predicted octanol–water partition coefficient (Wildman–Crippen LogP) is 2.39. The lowest BCUT2D eigenvalue weighted by atomic mass is 10.2. The molecular formula is C10H9FN2. The van der Waals surface area contributed by atoms with E-state index in [0.717, 1.165) is 16.9 Å². The fourth-order valence-electron chi connectivity index (χ4n) is 1.20. The Morgan fingerprint density at radius 1 is 1.00 bits per heavy atom. The van der Waals surface area contributed by atoms with Crippen molar-refractivity contribution in [2.75, 3.05) is 0 Å². The van der Waals surface area contributed by atoms with Crippen molar-refractivity contribution in [3.63, 3.8) is 0 Å². The van der Waals surface area contributed by atoms with Gasteiger partial charge in [0, 0.05) is 6.07 Å². The van der Waals surface area contributed by atoms with Crippen molar-refractivity contribution < 1.29 is 4.39 Å². The van der Waals surface area contributed by atoms with Gasteiger partial charge >= 0.3 is 0 Å². The maximum atomic E-state index is 12.8. The Morgan fingerprint density at radius 2 is 1.62 bits per heavy atom. The molecule has 0 spiro atoms. The lowest BCUT2D eigenvalue weighted by Crippen LogP contribution is -1.93. The van der Waals surface area contributed by atoms with E-state index in [1.54, 1.807) is 6.07 Å². The van der Waals surface area contributed by atoms with Gasteiger partial charge in [-0.05, 0) is 26.0 Å². The van der Waals surface area contributed by atoms with Crippen molar-refractivity contribution >= 4 is 11.0 Å². The molecule has 1 aromatic carbocycles. The van der Waals surface area contributed by atoms with Gasteiger partial charge in [0.25, 0.3) is 0 Å². The minimum atomic E-state index is -0.273. The Hall–Kier alpha value is -1.51. The van der Waals surface area contributed by atoms with Gasteiger partial charge in [0.1, 0.15) is 5.82 Å². The summed E-state index contributed by atoms with van der Waals surface area (Å²) in [5, 5.41) is 0. The van der Waals surface area contributed by atoms with Crippen LogP contribution in [0, 0.1) is 19.7 Å². The van der Waals surface area contributed by atoms with E-state index in [9.17, 15) is 4.39 Å². The van der Waals surface area contributed by atoms with Crippen LogP contribution in [0.1, 0.15) is 11.4 Å². The number of hydrogen-bond donors (Lipinski definition) is 0. The third-order valence-electron chi connectivity index (χ3n) is 2.04. The zero-order chi connectivity index (χ0) is 9.42. The van der Waals surface area contributed by atoms with E-state index in [-0.39, 0.29) is 5.82 Å². The maximum absolute atomic E-state index is 12.8. The highest BCUT2D eigenvalue weighted by molar-refractivity contribution is 5.74. The zero-order valence-electron chi connectivity index (χ0n) is 7.50. The molecule has 0 radical (unpaired) electrons. The van der Waals surface area contributed by atoms with E-state index in [1.807, 2.05) is 13.8 Å². The van der Waals surface area contributed by atoms with Crippen LogP contribution in [0.25, 0.3) is 11.0 Å². The second-order valence-electron chi connectivity index (χ2n) is 3.03. The monoisotopic (exact) mass is 176 g/mol. The van der Waals surface area contributed by atoms with Gasteiger partial charge in [0.05, 0.1) is 22.4 Å². The van der Waals surface area contributed by atoms with Crippen LogP contribution >= 0.6 is 0 Å². The minimum absolute atomic E-state index is 0.273. The molecule has 0 atom stereocenters. The third-order valence-corrected chi connectivity index (χ3v) is 2.04. The molecule has 0 saturated carbocycles. The molecule has 0 bridgehead atoms. The second kappa shape index (κ2) is 2.76. The van der Waals surface area contributed by atoms with E-state index in [0.29, 0.717) is 5.52 Å². The fourth-order valence-corrected chi connectivity index (χ4v) is 1.20. The molecule has 66 valence electrons. The summed E-state index contributed by atoms with van der Waals surface area (Å²) in [6.45, 7) is 3.76. The van der Waals surface area contributed by atoms with E-state index >= 15 is 0 Å². The summed E-state index contributed by atoms with van der Waals surface area (Å²) in [6, 6.07) is 4.44. The molecule has 2 aromatic rings. The molecule has 0 unspecified atom stereocenters. The molecule has 0 saturated heterocycles. The first-order chi connectivity index (χ1) is 6.16. The number of fused-ring (bicyclic) bond motifs is 1. The zero-order valence-corrected chi connectivity index (χ0v) is 7.50. The number of rotatable bonds is 0. The van der Waals surface area contributed by atoms with Gasteiger partial charge < -0.3 is 0 Å². The van der Waals surface area contributed by atoms with Crippen LogP contribution in [0.5, 0.6) is 0 Å². The smallest absolute Gasteiger partial charge is 0.125 e. The van der Waals surface area contributed by atoms with Crippen LogP contribution in [-0.2, 0) is 0 Å². The molecule has 3 heteroatoms. The Bertz CT molecular complexity index is 466. The Labute approximate surface area is 75.4 Å². The molecule has 1 heterocycles. The minimum Gasteiger partial charge on any atom is -0.250 e. The largest absolute Gasteiger partial charge is 0.250 e. The summed E-state index contributed by atoms with van der Waals surface area (Å²) in [5.74, 6) is -0.273. The van der Waals surface area contributed by atoms with E-state index in [4.69, 9.17) is 0 Å². The third kappa shape index (κ3) is 1.37. The summed E-state index contributed by atoms with van der Waals surface area (Å²) >= 11 is 0. The van der Waals surface area contributed by atoms with Gasteiger partial charge in [0.2, 0.25) is 0 Å². The highest BCUT2D eigenvalue weighted by Crippen LogP contribution is 2.13. The topological polar surface area (TPSA) is 25.8 Å². The van der Waals surface area contributed by atoms with Crippen LogP contribution in [0.15, 0.2) is 18.2 Å². The highest BCUT2D eigenvalue weighted by Gasteiger charge is 2.01. The SMILES string of the molecule is Cc1nc2ccc(F)cc2nc1C. The van der Waals surface area contributed by atoms with E-state index in [1.165, 1.54) is 12.1 Å². The summed E-state index contributed by atoms with van der Waals surface area (Å²) < 4.78 is 12.8. The first-order valence-electron chi connectivity index (χ1n) is 4.07.